The van der Waals surface area contributed by atoms with Crippen LogP contribution < -0.4 is 5.73 Å². The van der Waals surface area contributed by atoms with E-state index in [0.717, 1.165) is 17.9 Å². The second-order valence-corrected chi connectivity index (χ2v) is 4.37. The maximum absolute atomic E-state index is 5.63. The molecule has 0 saturated carbocycles. The summed E-state index contributed by atoms with van der Waals surface area (Å²) < 4.78 is 0. The van der Waals surface area contributed by atoms with Crippen molar-refractivity contribution in [2.45, 2.75) is 26.2 Å². The molecule has 1 atom stereocenters. The highest BCUT2D eigenvalue weighted by molar-refractivity contribution is 5.58. The Morgan fingerprint density at radius 2 is 2.00 bits per heavy atom. The summed E-state index contributed by atoms with van der Waals surface area (Å²) in [7, 11) is 0. The van der Waals surface area contributed by atoms with Crippen LogP contribution in [0.15, 0.2) is 30.5 Å². The maximum atomic E-state index is 5.63. The van der Waals surface area contributed by atoms with Gasteiger partial charge in [0.15, 0.2) is 0 Å². The Kier molecular flexibility index (Phi) is 3.59. The van der Waals surface area contributed by atoms with Gasteiger partial charge in [-0.2, -0.15) is 0 Å². The zero-order valence-corrected chi connectivity index (χ0v) is 10.4. The molecule has 3 heteroatoms. The molecular formula is C14H19N3. The van der Waals surface area contributed by atoms with Gasteiger partial charge in [0, 0.05) is 12.5 Å². The summed E-state index contributed by atoms with van der Waals surface area (Å²) in [6, 6.07) is 8.57. The van der Waals surface area contributed by atoms with Crippen molar-refractivity contribution in [3.8, 4) is 11.3 Å². The molecule has 2 rings (SSSR count). The van der Waals surface area contributed by atoms with Gasteiger partial charge < -0.3 is 10.7 Å². The minimum absolute atomic E-state index is 0.277. The lowest BCUT2D eigenvalue weighted by Crippen LogP contribution is -2.10. The zero-order valence-electron chi connectivity index (χ0n) is 10.4. The van der Waals surface area contributed by atoms with E-state index in [-0.39, 0.29) is 5.92 Å². The molecule has 1 aromatic carbocycles. The first kappa shape index (κ1) is 11.9. The van der Waals surface area contributed by atoms with Gasteiger partial charge in [-0.3, -0.25) is 0 Å². The molecule has 17 heavy (non-hydrogen) atoms. The standard InChI is InChI=1S/C14H19N3/c1-3-11-4-6-12(7-5-11)13-9-16-14(17-13)10(2)8-15/h4-7,9-10H,3,8,15H2,1-2H3,(H,16,17). The summed E-state index contributed by atoms with van der Waals surface area (Å²) in [5.74, 6) is 1.24. The zero-order chi connectivity index (χ0) is 12.3. The van der Waals surface area contributed by atoms with Crippen molar-refractivity contribution in [1.82, 2.24) is 9.97 Å². The van der Waals surface area contributed by atoms with Crippen LogP contribution >= 0.6 is 0 Å². The summed E-state index contributed by atoms with van der Waals surface area (Å²) in [5, 5.41) is 0. The van der Waals surface area contributed by atoms with Crippen molar-refractivity contribution in [1.29, 1.82) is 0 Å². The van der Waals surface area contributed by atoms with E-state index >= 15 is 0 Å². The second kappa shape index (κ2) is 5.15. The van der Waals surface area contributed by atoms with Crippen LogP contribution in [0.3, 0.4) is 0 Å². The summed E-state index contributed by atoms with van der Waals surface area (Å²) in [6.07, 6.45) is 2.95. The minimum atomic E-state index is 0.277. The molecule has 2 aromatic rings. The summed E-state index contributed by atoms with van der Waals surface area (Å²) in [4.78, 5) is 7.70. The number of imidazole rings is 1. The van der Waals surface area contributed by atoms with Gasteiger partial charge in [0.25, 0.3) is 0 Å². The van der Waals surface area contributed by atoms with Crippen molar-refractivity contribution in [3.05, 3.63) is 41.9 Å². The largest absolute Gasteiger partial charge is 0.342 e. The molecule has 1 unspecified atom stereocenters. The average molecular weight is 229 g/mol. The third-order valence-corrected chi connectivity index (χ3v) is 3.09. The highest BCUT2D eigenvalue weighted by Gasteiger charge is 2.08. The fourth-order valence-corrected chi connectivity index (χ4v) is 1.77. The Labute approximate surface area is 102 Å². The number of nitrogens with one attached hydrogen (secondary N) is 1. The first-order chi connectivity index (χ1) is 8.24. The highest BCUT2D eigenvalue weighted by atomic mass is 14.9. The van der Waals surface area contributed by atoms with Crippen LogP contribution in [0.1, 0.15) is 31.2 Å². The normalized spacial score (nSPS) is 12.6. The molecule has 0 spiro atoms. The molecule has 0 saturated heterocycles. The quantitative estimate of drug-likeness (QED) is 0.847. The third kappa shape index (κ3) is 2.56. The van der Waals surface area contributed by atoms with Gasteiger partial charge >= 0.3 is 0 Å². The van der Waals surface area contributed by atoms with Crippen LogP contribution in [0.4, 0.5) is 0 Å². The van der Waals surface area contributed by atoms with Gasteiger partial charge in [-0.25, -0.2) is 4.98 Å². The van der Waals surface area contributed by atoms with Crippen LogP contribution in [-0.2, 0) is 6.42 Å². The van der Waals surface area contributed by atoms with E-state index in [4.69, 9.17) is 5.73 Å². The Morgan fingerprint density at radius 3 is 2.59 bits per heavy atom. The molecule has 0 radical (unpaired) electrons. The molecule has 0 fully saturated rings. The van der Waals surface area contributed by atoms with Gasteiger partial charge in [-0.1, -0.05) is 38.1 Å². The molecule has 1 heterocycles. The number of nitrogens with zero attached hydrogens (tertiary/aromatic N) is 1. The number of aromatic amines is 1. The number of nitrogens with two attached hydrogens (primary N) is 1. The van der Waals surface area contributed by atoms with Gasteiger partial charge in [-0.05, 0) is 17.5 Å². The summed E-state index contributed by atoms with van der Waals surface area (Å²) in [5.41, 5.74) is 9.21. The monoisotopic (exact) mass is 229 g/mol. The van der Waals surface area contributed by atoms with E-state index in [1.165, 1.54) is 11.1 Å². The molecule has 0 bridgehead atoms. The fourth-order valence-electron chi connectivity index (χ4n) is 1.77. The van der Waals surface area contributed by atoms with E-state index in [1.807, 2.05) is 6.20 Å². The van der Waals surface area contributed by atoms with Gasteiger partial charge in [0.2, 0.25) is 0 Å². The van der Waals surface area contributed by atoms with Crippen LogP contribution in [0.2, 0.25) is 0 Å². The fraction of sp³-hybridized carbons (Fsp3) is 0.357. The van der Waals surface area contributed by atoms with Crippen LogP contribution in [0.5, 0.6) is 0 Å². The predicted molar refractivity (Wildman–Crippen MR) is 70.9 cm³/mol. The Bertz CT molecular complexity index is 470. The van der Waals surface area contributed by atoms with E-state index in [0.29, 0.717) is 6.54 Å². The topological polar surface area (TPSA) is 54.7 Å². The van der Waals surface area contributed by atoms with Crippen molar-refractivity contribution in [2.24, 2.45) is 5.73 Å². The molecule has 1 aromatic heterocycles. The van der Waals surface area contributed by atoms with E-state index in [9.17, 15) is 0 Å². The lowest BCUT2D eigenvalue weighted by atomic mass is 10.1. The van der Waals surface area contributed by atoms with E-state index in [1.54, 1.807) is 0 Å². The molecule has 90 valence electrons. The average Bonchev–Trinajstić information content (AvgIpc) is 2.87. The van der Waals surface area contributed by atoms with Crippen molar-refractivity contribution in [2.75, 3.05) is 6.54 Å². The summed E-state index contributed by atoms with van der Waals surface area (Å²) >= 11 is 0. The van der Waals surface area contributed by atoms with Crippen molar-refractivity contribution < 1.29 is 0 Å². The molecule has 3 N–H and O–H groups in total. The van der Waals surface area contributed by atoms with Gasteiger partial charge in [0.1, 0.15) is 5.82 Å². The number of hydrogen-bond donors (Lipinski definition) is 2. The van der Waals surface area contributed by atoms with Crippen molar-refractivity contribution in [3.63, 3.8) is 0 Å². The lowest BCUT2D eigenvalue weighted by Gasteiger charge is -2.03. The smallest absolute Gasteiger partial charge is 0.110 e. The number of aryl methyl sites for hydroxylation is 1. The Balaban J connectivity index is 2.24. The molecule has 0 amide bonds. The minimum Gasteiger partial charge on any atom is -0.342 e. The van der Waals surface area contributed by atoms with Crippen LogP contribution in [0, 0.1) is 0 Å². The van der Waals surface area contributed by atoms with Gasteiger partial charge in [-0.15, -0.1) is 0 Å². The molecule has 0 aliphatic heterocycles. The number of H-pyrrole nitrogens is 1. The molecule has 3 nitrogen and oxygen atoms in total. The van der Waals surface area contributed by atoms with E-state index in [2.05, 4.69) is 48.1 Å². The number of rotatable bonds is 4. The SMILES string of the molecule is CCc1ccc(-c2cnc(C(C)CN)[nH]2)cc1. The highest BCUT2D eigenvalue weighted by Crippen LogP contribution is 2.20. The maximum Gasteiger partial charge on any atom is 0.110 e. The van der Waals surface area contributed by atoms with Crippen molar-refractivity contribution >= 4 is 0 Å². The Morgan fingerprint density at radius 1 is 1.29 bits per heavy atom. The second-order valence-electron chi connectivity index (χ2n) is 4.37. The predicted octanol–water partition coefficient (Wildman–Crippen LogP) is 2.70. The summed E-state index contributed by atoms with van der Waals surface area (Å²) in [6.45, 7) is 4.84. The molecular weight excluding hydrogens is 210 g/mol. The molecule has 0 aliphatic carbocycles. The van der Waals surface area contributed by atoms with Crippen LogP contribution in [0.25, 0.3) is 11.3 Å². The number of benzene rings is 1. The first-order valence-corrected chi connectivity index (χ1v) is 6.09. The Hall–Kier alpha value is -1.61. The lowest BCUT2D eigenvalue weighted by molar-refractivity contribution is 0.725. The van der Waals surface area contributed by atoms with Gasteiger partial charge in [0.05, 0.1) is 11.9 Å². The first-order valence-electron chi connectivity index (χ1n) is 6.09. The number of aromatic nitrogens is 2. The van der Waals surface area contributed by atoms with E-state index < -0.39 is 0 Å². The van der Waals surface area contributed by atoms with Crippen LogP contribution in [-0.4, -0.2) is 16.5 Å². The number of hydrogen-bond acceptors (Lipinski definition) is 2. The third-order valence-electron chi connectivity index (χ3n) is 3.09. The molecule has 0 aliphatic rings.